The van der Waals surface area contributed by atoms with Crippen LogP contribution in [0.25, 0.3) is 0 Å². The number of hydrogen-bond acceptors (Lipinski definition) is 3. The second kappa shape index (κ2) is 7.22. The largest absolute Gasteiger partial charge is 0.481 e. The molecular formula is C16H21NO4. The smallest absolute Gasteiger partial charge is 0.306 e. The number of carbonyl (C=O) groups is 2. The zero-order valence-electron chi connectivity index (χ0n) is 12.2. The minimum absolute atomic E-state index is 0.0419. The molecule has 1 aromatic rings. The van der Waals surface area contributed by atoms with E-state index in [1.165, 1.54) is 0 Å². The molecule has 1 fully saturated rings. The third kappa shape index (κ3) is 4.29. The highest BCUT2D eigenvalue weighted by Gasteiger charge is 2.33. The molecule has 0 radical (unpaired) electrons. The molecule has 0 bridgehead atoms. The van der Waals surface area contributed by atoms with Gasteiger partial charge >= 0.3 is 5.97 Å². The van der Waals surface area contributed by atoms with Crippen LogP contribution in [0.2, 0.25) is 0 Å². The average Bonchev–Trinajstić information content (AvgIpc) is 2.97. The van der Waals surface area contributed by atoms with Crippen molar-refractivity contribution in [2.45, 2.75) is 32.4 Å². The third-order valence-electron chi connectivity index (χ3n) is 3.95. The fourth-order valence-corrected chi connectivity index (χ4v) is 2.70. The standard InChI is InChI=1S/C16H21NO4/c1-21-10-12-4-2-11(3-5-12)9-17-15(18)13-6-7-14(8-13)16(19)20/h2-5,13-14H,6-10H2,1H3,(H,17,18)(H,19,20)/t13-,14+/m1/s1. The fraction of sp³-hybridized carbons (Fsp3) is 0.500. The van der Waals surface area contributed by atoms with Gasteiger partial charge in [0.25, 0.3) is 0 Å². The van der Waals surface area contributed by atoms with Crippen molar-refractivity contribution in [3.63, 3.8) is 0 Å². The summed E-state index contributed by atoms with van der Waals surface area (Å²) in [5.74, 6) is -1.37. The summed E-state index contributed by atoms with van der Waals surface area (Å²) in [6.07, 6.45) is 1.71. The van der Waals surface area contributed by atoms with Crippen molar-refractivity contribution in [1.29, 1.82) is 0 Å². The molecule has 1 aliphatic carbocycles. The Morgan fingerprint density at radius 3 is 2.38 bits per heavy atom. The van der Waals surface area contributed by atoms with E-state index in [-0.39, 0.29) is 17.7 Å². The molecule has 2 N–H and O–H groups in total. The lowest BCUT2D eigenvalue weighted by Gasteiger charge is -2.11. The van der Waals surface area contributed by atoms with Crippen LogP contribution in [0.3, 0.4) is 0 Å². The first kappa shape index (κ1) is 15.5. The Kier molecular flexibility index (Phi) is 5.33. The Bertz CT molecular complexity index is 498. The molecule has 1 aromatic carbocycles. The molecular weight excluding hydrogens is 270 g/mol. The topological polar surface area (TPSA) is 75.6 Å². The van der Waals surface area contributed by atoms with Gasteiger partial charge in [-0.25, -0.2) is 0 Å². The summed E-state index contributed by atoms with van der Waals surface area (Å²) in [4.78, 5) is 22.9. The van der Waals surface area contributed by atoms with Crippen molar-refractivity contribution in [3.05, 3.63) is 35.4 Å². The van der Waals surface area contributed by atoms with E-state index in [9.17, 15) is 9.59 Å². The lowest BCUT2D eigenvalue weighted by Crippen LogP contribution is -2.29. The van der Waals surface area contributed by atoms with Crippen molar-refractivity contribution >= 4 is 11.9 Å². The second-order valence-corrected chi connectivity index (χ2v) is 5.51. The van der Waals surface area contributed by atoms with E-state index in [1.54, 1.807) is 7.11 Å². The zero-order chi connectivity index (χ0) is 15.2. The van der Waals surface area contributed by atoms with E-state index in [0.29, 0.717) is 32.4 Å². The van der Waals surface area contributed by atoms with Gasteiger partial charge in [0.2, 0.25) is 5.91 Å². The molecule has 5 nitrogen and oxygen atoms in total. The van der Waals surface area contributed by atoms with E-state index >= 15 is 0 Å². The maximum Gasteiger partial charge on any atom is 0.306 e. The first-order valence-corrected chi connectivity index (χ1v) is 7.17. The molecule has 21 heavy (non-hydrogen) atoms. The minimum Gasteiger partial charge on any atom is -0.481 e. The van der Waals surface area contributed by atoms with Crippen molar-refractivity contribution in [3.8, 4) is 0 Å². The molecule has 0 unspecified atom stereocenters. The van der Waals surface area contributed by atoms with Crippen LogP contribution in [-0.2, 0) is 27.5 Å². The number of aliphatic carboxylic acids is 1. The van der Waals surface area contributed by atoms with Gasteiger partial charge < -0.3 is 15.2 Å². The number of amides is 1. The zero-order valence-corrected chi connectivity index (χ0v) is 12.2. The molecule has 114 valence electrons. The Hall–Kier alpha value is -1.88. The SMILES string of the molecule is COCc1ccc(CNC(=O)[C@@H]2CC[C@H](C(=O)O)C2)cc1. The lowest BCUT2D eigenvalue weighted by molar-refractivity contribution is -0.141. The Morgan fingerprint density at radius 1 is 1.19 bits per heavy atom. The first-order chi connectivity index (χ1) is 10.1. The number of carboxylic acid groups (broad SMARTS) is 1. The number of carboxylic acids is 1. The summed E-state index contributed by atoms with van der Waals surface area (Å²) in [6, 6.07) is 7.87. The number of hydrogen-bond donors (Lipinski definition) is 2. The predicted molar refractivity (Wildman–Crippen MR) is 77.5 cm³/mol. The van der Waals surface area contributed by atoms with Crippen molar-refractivity contribution in [2.24, 2.45) is 11.8 Å². The van der Waals surface area contributed by atoms with Crippen LogP contribution in [0.5, 0.6) is 0 Å². The van der Waals surface area contributed by atoms with Gasteiger partial charge in [-0.2, -0.15) is 0 Å². The van der Waals surface area contributed by atoms with Crippen LogP contribution in [-0.4, -0.2) is 24.1 Å². The molecule has 2 atom stereocenters. The Labute approximate surface area is 124 Å². The summed E-state index contributed by atoms with van der Waals surface area (Å²) >= 11 is 0. The summed E-state index contributed by atoms with van der Waals surface area (Å²) in [5, 5.41) is 11.8. The number of benzene rings is 1. The van der Waals surface area contributed by atoms with Crippen LogP contribution < -0.4 is 5.32 Å². The predicted octanol–water partition coefficient (Wildman–Crippen LogP) is 1.95. The summed E-state index contributed by atoms with van der Waals surface area (Å²) in [6.45, 7) is 1.05. The highest BCUT2D eigenvalue weighted by Crippen LogP contribution is 2.31. The summed E-state index contributed by atoms with van der Waals surface area (Å²) in [5.41, 5.74) is 2.11. The minimum atomic E-state index is -0.793. The molecule has 0 spiro atoms. The number of nitrogens with one attached hydrogen (secondary N) is 1. The molecule has 0 aliphatic heterocycles. The van der Waals surface area contributed by atoms with Gasteiger partial charge in [-0.1, -0.05) is 24.3 Å². The molecule has 1 saturated carbocycles. The maximum absolute atomic E-state index is 12.0. The Balaban J connectivity index is 1.80. The van der Waals surface area contributed by atoms with Gasteiger partial charge in [0, 0.05) is 19.6 Å². The second-order valence-electron chi connectivity index (χ2n) is 5.51. The number of rotatable bonds is 6. The normalized spacial score (nSPS) is 21.2. The van der Waals surface area contributed by atoms with E-state index in [2.05, 4.69) is 5.32 Å². The van der Waals surface area contributed by atoms with E-state index in [4.69, 9.17) is 9.84 Å². The van der Waals surface area contributed by atoms with Gasteiger partial charge in [-0.15, -0.1) is 0 Å². The van der Waals surface area contributed by atoms with Crippen molar-refractivity contribution < 1.29 is 19.4 Å². The maximum atomic E-state index is 12.0. The first-order valence-electron chi connectivity index (χ1n) is 7.17. The van der Waals surface area contributed by atoms with E-state index in [1.807, 2.05) is 24.3 Å². The average molecular weight is 291 g/mol. The van der Waals surface area contributed by atoms with Crippen molar-refractivity contribution in [2.75, 3.05) is 7.11 Å². The summed E-state index contributed by atoms with van der Waals surface area (Å²) < 4.78 is 5.05. The van der Waals surface area contributed by atoms with Crippen LogP contribution in [0.15, 0.2) is 24.3 Å². The molecule has 5 heteroatoms. The highest BCUT2D eigenvalue weighted by molar-refractivity contribution is 5.80. The van der Waals surface area contributed by atoms with Crippen molar-refractivity contribution in [1.82, 2.24) is 5.32 Å². The Morgan fingerprint density at radius 2 is 1.81 bits per heavy atom. The molecule has 0 saturated heterocycles. The van der Waals surface area contributed by atoms with Gasteiger partial charge in [-0.3, -0.25) is 9.59 Å². The van der Waals surface area contributed by atoms with Gasteiger partial charge in [0.15, 0.2) is 0 Å². The molecule has 0 aromatic heterocycles. The van der Waals surface area contributed by atoms with Crippen LogP contribution in [0, 0.1) is 11.8 Å². The quantitative estimate of drug-likeness (QED) is 0.840. The van der Waals surface area contributed by atoms with Gasteiger partial charge in [0.05, 0.1) is 12.5 Å². The third-order valence-corrected chi connectivity index (χ3v) is 3.95. The van der Waals surface area contributed by atoms with E-state index in [0.717, 1.165) is 11.1 Å². The number of carbonyl (C=O) groups excluding carboxylic acids is 1. The van der Waals surface area contributed by atoms with Gasteiger partial charge in [-0.05, 0) is 30.4 Å². The molecule has 1 amide bonds. The highest BCUT2D eigenvalue weighted by atomic mass is 16.5. The number of ether oxygens (including phenoxy) is 1. The monoisotopic (exact) mass is 291 g/mol. The molecule has 0 heterocycles. The fourth-order valence-electron chi connectivity index (χ4n) is 2.70. The number of methoxy groups -OCH3 is 1. The van der Waals surface area contributed by atoms with Crippen LogP contribution in [0.4, 0.5) is 0 Å². The lowest BCUT2D eigenvalue weighted by atomic mass is 10.0. The summed E-state index contributed by atoms with van der Waals surface area (Å²) in [7, 11) is 1.65. The molecule has 2 rings (SSSR count). The van der Waals surface area contributed by atoms with E-state index < -0.39 is 5.97 Å². The molecule has 1 aliphatic rings. The van der Waals surface area contributed by atoms with Gasteiger partial charge in [0.1, 0.15) is 0 Å². The van der Waals surface area contributed by atoms with Crippen LogP contribution >= 0.6 is 0 Å². The van der Waals surface area contributed by atoms with Crippen LogP contribution in [0.1, 0.15) is 30.4 Å².